The van der Waals surface area contributed by atoms with Crippen LogP contribution in [0.4, 0.5) is 0 Å². The van der Waals surface area contributed by atoms with Crippen LogP contribution in [0.15, 0.2) is 102 Å². The van der Waals surface area contributed by atoms with E-state index in [0.717, 1.165) is 54.0 Å². The number of carbonyl (C=O) groups excluding carboxylic acids is 1. The number of rotatable bonds is 13. The Morgan fingerprint density at radius 2 is 1.44 bits per heavy atom. The zero-order valence-electron chi connectivity index (χ0n) is 27.0. The van der Waals surface area contributed by atoms with Crippen LogP contribution in [0.25, 0.3) is 11.3 Å². The lowest BCUT2D eigenvalue weighted by Crippen LogP contribution is -2.25. The molecule has 6 nitrogen and oxygen atoms in total. The third-order valence-corrected chi connectivity index (χ3v) is 8.30. The molecule has 2 aromatic heterocycles. The van der Waals surface area contributed by atoms with Crippen LogP contribution in [0.5, 0.6) is 0 Å². The quantitative estimate of drug-likeness (QED) is 0.141. The summed E-state index contributed by atoms with van der Waals surface area (Å²) in [6, 6.07) is 33.0. The first-order valence-electron chi connectivity index (χ1n) is 16.1. The molecule has 2 heterocycles. The van der Waals surface area contributed by atoms with Gasteiger partial charge in [-0.3, -0.25) is 14.3 Å². The lowest BCUT2D eigenvalue weighted by atomic mass is 9.87. The SMILES string of the molecule is CCn1c(CCCc2ccc(-c3cccc(CC(=O)CCc4ccccc4)n3)cc2)nn(Cc2ccc(C(C)(C)C)cc2)c1=O. The maximum Gasteiger partial charge on any atom is 0.346 e. The van der Waals surface area contributed by atoms with Gasteiger partial charge < -0.3 is 0 Å². The van der Waals surface area contributed by atoms with Crippen molar-refractivity contribution in [3.63, 3.8) is 0 Å². The summed E-state index contributed by atoms with van der Waals surface area (Å²) in [5.74, 6) is 1.04. The minimum Gasteiger partial charge on any atom is -0.299 e. The largest absolute Gasteiger partial charge is 0.346 e. The van der Waals surface area contributed by atoms with Crippen LogP contribution < -0.4 is 5.69 Å². The van der Waals surface area contributed by atoms with Crippen molar-refractivity contribution in [1.29, 1.82) is 0 Å². The molecule has 0 bridgehead atoms. The van der Waals surface area contributed by atoms with Crippen molar-refractivity contribution in [1.82, 2.24) is 19.3 Å². The molecule has 0 spiro atoms. The lowest BCUT2D eigenvalue weighted by Gasteiger charge is -2.19. The number of hydrogen-bond donors (Lipinski definition) is 0. The van der Waals surface area contributed by atoms with Crippen LogP contribution in [0, 0.1) is 0 Å². The second-order valence-corrected chi connectivity index (χ2v) is 12.8. The van der Waals surface area contributed by atoms with Crippen molar-refractivity contribution in [3.05, 3.63) is 141 Å². The molecule has 5 rings (SSSR count). The Hall–Kier alpha value is -4.58. The van der Waals surface area contributed by atoms with Gasteiger partial charge in [-0.15, -0.1) is 0 Å². The fourth-order valence-electron chi connectivity index (χ4n) is 5.63. The molecule has 6 heteroatoms. The highest BCUT2D eigenvalue weighted by Gasteiger charge is 2.15. The summed E-state index contributed by atoms with van der Waals surface area (Å²) in [6.07, 6.45) is 4.15. The zero-order valence-corrected chi connectivity index (χ0v) is 27.0. The van der Waals surface area contributed by atoms with Crippen molar-refractivity contribution in [2.75, 3.05) is 0 Å². The second-order valence-electron chi connectivity index (χ2n) is 12.8. The number of pyridine rings is 1. The van der Waals surface area contributed by atoms with Crippen LogP contribution in [0.1, 0.15) is 74.3 Å². The Bertz CT molecular complexity index is 1760. The standard InChI is InChI=1S/C39H44N4O2/c1-5-42-37(41-43(38(42)45)28-31-19-24-33(25-20-31)39(2,3)4)16-9-13-30-17-22-32(23-18-30)36-15-10-14-34(40-36)27-35(44)26-21-29-11-7-6-8-12-29/h6-8,10-12,14-15,17-20,22-25H,5,9,13,16,21,26-28H2,1-4H3. The van der Waals surface area contributed by atoms with E-state index in [2.05, 4.69) is 81.4 Å². The highest BCUT2D eigenvalue weighted by atomic mass is 16.2. The summed E-state index contributed by atoms with van der Waals surface area (Å²) < 4.78 is 3.38. The fraction of sp³-hybridized carbons (Fsp3) is 0.333. The first-order valence-corrected chi connectivity index (χ1v) is 16.1. The molecule has 0 aliphatic carbocycles. The zero-order chi connectivity index (χ0) is 31.8. The topological polar surface area (TPSA) is 69.8 Å². The molecule has 0 saturated heterocycles. The van der Waals surface area contributed by atoms with E-state index < -0.39 is 0 Å². The smallest absolute Gasteiger partial charge is 0.299 e. The van der Waals surface area contributed by atoms with Gasteiger partial charge in [-0.05, 0) is 66.0 Å². The Labute approximate surface area is 266 Å². The van der Waals surface area contributed by atoms with Gasteiger partial charge in [-0.25, -0.2) is 9.48 Å². The molecule has 0 saturated carbocycles. The van der Waals surface area contributed by atoms with E-state index in [0.29, 0.717) is 25.9 Å². The number of ketones is 1. The van der Waals surface area contributed by atoms with Gasteiger partial charge in [0, 0.05) is 37.1 Å². The molecule has 0 aliphatic heterocycles. The number of aromatic nitrogens is 4. The average Bonchev–Trinajstić information content (AvgIpc) is 3.34. The first-order chi connectivity index (χ1) is 21.7. The summed E-state index contributed by atoms with van der Waals surface area (Å²) in [4.78, 5) is 30.5. The van der Waals surface area contributed by atoms with E-state index in [4.69, 9.17) is 10.1 Å². The molecule has 0 fully saturated rings. The Kier molecular flexibility index (Phi) is 10.2. The van der Waals surface area contributed by atoms with Crippen LogP contribution in [0.2, 0.25) is 0 Å². The number of benzene rings is 3. The van der Waals surface area contributed by atoms with E-state index in [9.17, 15) is 9.59 Å². The molecule has 0 N–H and O–H groups in total. The maximum absolute atomic E-state index is 13.1. The molecule has 0 atom stereocenters. The number of hydrogen-bond acceptors (Lipinski definition) is 4. The lowest BCUT2D eigenvalue weighted by molar-refractivity contribution is -0.118. The molecule has 0 unspecified atom stereocenters. The molecule has 45 heavy (non-hydrogen) atoms. The molecular formula is C39H44N4O2. The van der Waals surface area contributed by atoms with Gasteiger partial charge in [0.2, 0.25) is 0 Å². The van der Waals surface area contributed by atoms with E-state index in [1.54, 1.807) is 9.25 Å². The summed E-state index contributed by atoms with van der Waals surface area (Å²) in [5, 5.41) is 4.72. The monoisotopic (exact) mass is 600 g/mol. The highest BCUT2D eigenvalue weighted by Crippen LogP contribution is 2.23. The summed E-state index contributed by atoms with van der Waals surface area (Å²) >= 11 is 0. The van der Waals surface area contributed by atoms with Crippen LogP contribution in [-0.2, 0) is 49.0 Å². The summed E-state index contributed by atoms with van der Waals surface area (Å²) in [7, 11) is 0. The van der Waals surface area contributed by atoms with Gasteiger partial charge in [0.05, 0.1) is 12.2 Å². The van der Waals surface area contributed by atoms with Gasteiger partial charge in [0.1, 0.15) is 11.6 Å². The Morgan fingerprint density at radius 1 is 0.756 bits per heavy atom. The minimum absolute atomic E-state index is 0.0515. The molecule has 0 radical (unpaired) electrons. The Balaban J connectivity index is 1.15. The van der Waals surface area contributed by atoms with Crippen molar-refractivity contribution >= 4 is 5.78 Å². The third kappa shape index (κ3) is 8.53. The summed E-state index contributed by atoms with van der Waals surface area (Å²) in [5.41, 5.74) is 7.52. The van der Waals surface area contributed by atoms with Crippen molar-refractivity contribution in [2.24, 2.45) is 0 Å². The molecule has 0 aliphatic rings. The Morgan fingerprint density at radius 3 is 2.13 bits per heavy atom. The van der Waals surface area contributed by atoms with E-state index in [1.165, 1.54) is 16.7 Å². The first kappa shape index (κ1) is 31.8. The summed E-state index contributed by atoms with van der Waals surface area (Å²) in [6.45, 7) is 9.68. The molecular weight excluding hydrogens is 556 g/mol. The van der Waals surface area contributed by atoms with E-state index >= 15 is 0 Å². The van der Waals surface area contributed by atoms with Crippen LogP contribution in [-0.4, -0.2) is 25.1 Å². The van der Waals surface area contributed by atoms with Gasteiger partial charge in [-0.2, -0.15) is 5.10 Å². The van der Waals surface area contributed by atoms with E-state index in [-0.39, 0.29) is 16.9 Å². The second kappa shape index (κ2) is 14.5. The molecule has 0 amide bonds. The van der Waals surface area contributed by atoms with Gasteiger partial charge in [-0.1, -0.05) is 106 Å². The van der Waals surface area contributed by atoms with E-state index in [1.807, 2.05) is 43.3 Å². The van der Waals surface area contributed by atoms with Gasteiger partial charge >= 0.3 is 5.69 Å². The number of nitrogens with zero attached hydrogens (tertiary/aromatic N) is 4. The average molecular weight is 601 g/mol. The normalized spacial score (nSPS) is 11.6. The number of carbonyl (C=O) groups is 1. The van der Waals surface area contributed by atoms with Gasteiger partial charge in [0.15, 0.2) is 0 Å². The van der Waals surface area contributed by atoms with Crippen molar-refractivity contribution < 1.29 is 4.79 Å². The maximum atomic E-state index is 13.1. The predicted molar refractivity (Wildman–Crippen MR) is 182 cm³/mol. The number of aryl methyl sites for hydroxylation is 3. The molecule has 5 aromatic rings. The minimum atomic E-state index is -0.0515. The number of Topliss-reactive ketones (excluding diaryl/α,β-unsaturated/α-hetero) is 1. The van der Waals surface area contributed by atoms with Crippen molar-refractivity contribution in [2.45, 2.75) is 84.7 Å². The molecule has 232 valence electrons. The predicted octanol–water partition coefficient (Wildman–Crippen LogP) is 7.39. The van der Waals surface area contributed by atoms with Crippen LogP contribution >= 0.6 is 0 Å². The highest BCUT2D eigenvalue weighted by molar-refractivity contribution is 5.80. The third-order valence-electron chi connectivity index (χ3n) is 8.30. The van der Waals surface area contributed by atoms with Crippen LogP contribution in [0.3, 0.4) is 0 Å². The fourth-order valence-corrected chi connectivity index (χ4v) is 5.63. The van der Waals surface area contributed by atoms with Gasteiger partial charge in [0.25, 0.3) is 0 Å². The van der Waals surface area contributed by atoms with Crippen molar-refractivity contribution in [3.8, 4) is 11.3 Å². The molecule has 3 aromatic carbocycles.